The maximum Gasteiger partial charge on any atom is 0.159 e. The van der Waals surface area contributed by atoms with E-state index in [4.69, 9.17) is 4.98 Å². The van der Waals surface area contributed by atoms with E-state index in [1.165, 1.54) is 5.56 Å². The van der Waals surface area contributed by atoms with Gasteiger partial charge in [-0.25, -0.2) is 4.98 Å². The Kier molecular flexibility index (Phi) is 4.66. The summed E-state index contributed by atoms with van der Waals surface area (Å²) in [7, 11) is 4.04. The molecule has 6 rings (SSSR count). The minimum Gasteiger partial charge on any atom is -0.376 e. The summed E-state index contributed by atoms with van der Waals surface area (Å²) < 4.78 is 0. The quantitative estimate of drug-likeness (QED) is 0.339. The Bertz CT molecular complexity index is 1640. The van der Waals surface area contributed by atoms with Gasteiger partial charge in [-0.1, -0.05) is 48.0 Å². The van der Waals surface area contributed by atoms with Crippen LogP contribution in [-0.2, 0) is 0 Å². The molecular formula is C28H24N6. The Labute approximate surface area is 197 Å². The normalized spacial score (nSPS) is 11.4. The summed E-state index contributed by atoms with van der Waals surface area (Å²) in [6.45, 7) is 2.10. The van der Waals surface area contributed by atoms with Crippen LogP contribution in [0.4, 0.5) is 5.69 Å². The monoisotopic (exact) mass is 444 g/mol. The summed E-state index contributed by atoms with van der Waals surface area (Å²) in [5.41, 5.74) is 10.4. The van der Waals surface area contributed by atoms with Crippen molar-refractivity contribution < 1.29 is 0 Å². The molecule has 0 bridgehead atoms. The Morgan fingerprint density at radius 1 is 0.794 bits per heavy atom. The molecule has 0 atom stereocenters. The molecule has 0 aliphatic heterocycles. The van der Waals surface area contributed by atoms with E-state index in [1.54, 1.807) is 0 Å². The van der Waals surface area contributed by atoms with Gasteiger partial charge in [0, 0.05) is 36.8 Å². The molecule has 166 valence electrons. The zero-order valence-corrected chi connectivity index (χ0v) is 19.3. The predicted molar refractivity (Wildman–Crippen MR) is 139 cm³/mol. The van der Waals surface area contributed by atoms with E-state index < -0.39 is 0 Å². The Balaban J connectivity index is 1.47. The average molecular weight is 445 g/mol. The second kappa shape index (κ2) is 7.85. The largest absolute Gasteiger partial charge is 0.376 e. The second-order valence-corrected chi connectivity index (χ2v) is 8.81. The highest BCUT2D eigenvalue weighted by molar-refractivity contribution is 5.98. The lowest BCUT2D eigenvalue weighted by molar-refractivity contribution is 1.11. The number of imidazole rings is 1. The van der Waals surface area contributed by atoms with Crippen molar-refractivity contribution in [1.82, 2.24) is 25.1 Å². The molecule has 6 heteroatoms. The van der Waals surface area contributed by atoms with E-state index in [9.17, 15) is 0 Å². The first-order valence-corrected chi connectivity index (χ1v) is 11.2. The SMILES string of the molecule is Cc1ccc(-c2cccc3[nH]c(-c4n[nH]c5ccc(-c6cncc(N(C)C)c6)cc45)nc23)cc1. The molecule has 0 spiro atoms. The summed E-state index contributed by atoms with van der Waals surface area (Å²) in [6, 6.07) is 23.2. The fourth-order valence-corrected chi connectivity index (χ4v) is 4.31. The standard InChI is InChI=1S/C28H24N6/c1-17-7-9-18(10-8-17)22-5-4-6-25-26(22)31-28(30-25)27-23-14-19(11-12-24(23)32-33-27)20-13-21(34(2)3)16-29-15-20/h4-16H,1-3H3,(H,30,31)(H,32,33). The van der Waals surface area contributed by atoms with Crippen molar-refractivity contribution in [2.24, 2.45) is 0 Å². The van der Waals surface area contributed by atoms with E-state index in [0.717, 1.165) is 61.4 Å². The van der Waals surface area contributed by atoms with Gasteiger partial charge in [0.2, 0.25) is 0 Å². The van der Waals surface area contributed by atoms with Crippen LogP contribution in [0.15, 0.2) is 79.1 Å². The van der Waals surface area contributed by atoms with Gasteiger partial charge in [0.1, 0.15) is 5.69 Å². The van der Waals surface area contributed by atoms with Crippen LogP contribution in [0.3, 0.4) is 0 Å². The predicted octanol–water partition coefficient (Wildman–Crippen LogP) is 6.21. The Morgan fingerprint density at radius 2 is 1.62 bits per heavy atom. The number of aromatic amines is 2. The molecule has 0 aliphatic rings. The van der Waals surface area contributed by atoms with Crippen molar-refractivity contribution in [2.75, 3.05) is 19.0 Å². The molecule has 3 aromatic carbocycles. The zero-order valence-electron chi connectivity index (χ0n) is 19.3. The highest BCUT2D eigenvalue weighted by atomic mass is 15.1. The molecule has 0 fully saturated rings. The van der Waals surface area contributed by atoms with Crippen molar-refractivity contribution in [3.8, 4) is 33.8 Å². The van der Waals surface area contributed by atoms with Gasteiger partial charge in [-0.15, -0.1) is 0 Å². The van der Waals surface area contributed by atoms with Crippen molar-refractivity contribution >= 4 is 27.6 Å². The Hall–Kier alpha value is -4.45. The molecule has 0 amide bonds. The molecule has 34 heavy (non-hydrogen) atoms. The van der Waals surface area contributed by atoms with Crippen molar-refractivity contribution in [1.29, 1.82) is 0 Å². The smallest absolute Gasteiger partial charge is 0.159 e. The number of H-pyrrole nitrogens is 2. The summed E-state index contributed by atoms with van der Waals surface area (Å²) in [5, 5.41) is 8.79. The van der Waals surface area contributed by atoms with Crippen molar-refractivity contribution in [2.45, 2.75) is 6.92 Å². The number of nitrogens with zero attached hydrogens (tertiary/aromatic N) is 4. The van der Waals surface area contributed by atoms with Gasteiger partial charge in [-0.2, -0.15) is 5.10 Å². The van der Waals surface area contributed by atoms with Gasteiger partial charge in [0.25, 0.3) is 0 Å². The molecule has 0 aliphatic carbocycles. The molecule has 2 N–H and O–H groups in total. The van der Waals surface area contributed by atoms with E-state index >= 15 is 0 Å². The molecule has 3 aromatic heterocycles. The minimum atomic E-state index is 0.748. The molecule has 6 nitrogen and oxygen atoms in total. The van der Waals surface area contributed by atoms with Crippen LogP contribution >= 0.6 is 0 Å². The first kappa shape index (κ1) is 20.2. The van der Waals surface area contributed by atoms with Crippen LogP contribution in [0.1, 0.15) is 5.56 Å². The number of rotatable bonds is 4. The van der Waals surface area contributed by atoms with E-state index in [2.05, 4.69) is 98.7 Å². The Morgan fingerprint density at radius 3 is 2.44 bits per heavy atom. The third kappa shape index (κ3) is 3.40. The lowest BCUT2D eigenvalue weighted by atomic mass is 10.0. The zero-order chi connectivity index (χ0) is 23.2. The van der Waals surface area contributed by atoms with E-state index in [-0.39, 0.29) is 0 Å². The minimum absolute atomic E-state index is 0.748. The fourth-order valence-electron chi connectivity index (χ4n) is 4.31. The molecule has 0 saturated heterocycles. The van der Waals surface area contributed by atoms with Gasteiger partial charge in [0.15, 0.2) is 5.82 Å². The van der Waals surface area contributed by atoms with Crippen LogP contribution < -0.4 is 4.90 Å². The number of benzene rings is 3. The lowest BCUT2D eigenvalue weighted by Crippen LogP contribution is -2.08. The summed E-state index contributed by atoms with van der Waals surface area (Å²) in [6.07, 6.45) is 3.76. The number of hydrogen-bond acceptors (Lipinski definition) is 4. The molecular weight excluding hydrogens is 420 g/mol. The topological polar surface area (TPSA) is 73.5 Å². The number of nitrogens with one attached hydrogen (secondary N) is 2. The number of aryl methyl sites for hydroxylation is 1. The number of para-hydroxylation sites is 1. The second-order valence-electron chi connectivity index (χ2n) is 8.81. The maximum absolute atomic E-state index is 4.99. The van der Waals surface area contributed by atoms with Gasteiger partial charge in [-0.3, -0.25) is 10.1 Å². The number of anilines is 1. The van der Waals surface area contributed by atoms with Crippen LogP contribution in [0.25, 0.3) is 55.7 Å². The molecule has 3 heterocycles. The van der Waals surface area contributed by atoms with Gasteiger partial charge < -0.3 is 9.88 Å². The summed E-state index contributed by atoms with van der Waals surface area (Å²) >= 11 is 0. The third-order valence-corrected chi connectivity index (χ3v) is 6.24. The van der Waals surface area contributed by atoms with Gasteiger partial charge in [0.05, 0.1) is 28.4 Å². The van der Waals surface area contributed by atoms with Crippen LogP contribution in [0.5, 0.6) is 0 Å². The van der Waals surface area contributed by atoms with Crippen LogP contribution in [0.2, 0.25) is 0 Å². The first-order chi connectivity index (χ1) is 16.6. The van der Waals surface area contributed by atoms with Crippen molar-refractivity contribution in [3.63, 3.8) is 0 Å². The highest BCUT2D eigenvalue weighted by Crippen LogP contribution is 2.33. The lowest BCUT2D eigenvalue weighted by Gasteiger charge is -2.13. The summed E-state index contributed by atoms with van der Waals surface area (Å²) in [5.74, 6) is 0.748. The fraction of sp³-hybridized carbons (Fsp3) is 0.107. The van der Waals surface area contributed by atoms with E-state index in [0.29, 0.717) is 0 Å². The van der Waals surface area contributed by atoms with Crippen LogP contribution in [0, 0.1) is 6.92 Å². The molecule has 0 saturated carbocycles. The molecule has 0 unspecified atom stereocenters. The number of aromatic nitrogens is 5. The van der Waals surface area contributed by atoms with E-state index in [1.807, 2.05) is 26.5 Å². The molecule has 6 aromatic rings. The number of fused-ring (bicyclic) bond motifs is 2. The number of hydrogen-bond donors (Lipinski definition) is 2. The van der Waals surface area contributed by atoms with Gasteiger partial charge >= 0.3 is 0 Å². The first-order valence-electron chi connectivity index (χ1n) is 11.2. The maximum atomic E-state index is 4.99. The third-order valence-electron chi connectivity index (χ3n) is 6.24. The van der Waals surface area contributed by atoms with Gasteiger partial charge in [-0.05, 0) is 42.3 Å². The van der Waals surface area contributed by atoms with Crippen molar-refractivity contribution in [3.05, 3.63) is 84.7 Å². The highest BCUT2D eigenvalue weighted by Gasteiger charge is 2.16. The molecule has 0 radical (unpaired) electrons. The number of pyridine rings is 1. The summed E-state index contributed by atoms with van der Waals surface area (Å²) in [4.78, 5) is 14.9. The average Bonchev–Trinajstić information content (AvgIpc) is 3.48. The van der Waals surface area contributed by atoms with Crippen LogP contribution in [-0.4, -0.2) is 39.2 Å².